The fourth-order valence-corrected chi connectivity index (χ4v) is 3.25. The van der Waals surface area contributed by atoms with E-state index in [0.29, 0.717) is 0 Å². The van der Waals surface area contributed by atoms with E-state index in [0.717, 1.165) is 24.3 Å². The molecule has 11 heteroatoms. The summed E-state index contributed by atoms with van der Waals surface area (Å²) in [5.74, 6) is -1.53. The second-order valence-electron chi connectivity index (χ2n) is 3.87. The number of carbonyl (C=O) groups is 1. The van der Waals surface area contributed by atoms with E-state index < -0.39 is 38.7 Å². The van der Waals surface area contributed by atoms with Gasteiger partial charge in [-0.15, -0.1) is 0 Å². The molecule has 0 aromatic heterocycles. The molecule has 21 heavy (non-hydrogen) atoms. The molecule has 118 valence electrons. The van der Waals surface area contributed by atoms with Crippen molar-refractivity contribution in [3.05, 3.63) is 24.3 Å². The molecule has 0 amide bonds. The average molecular weight is 338 g/mol. The highest BCUT2D eigenvalue weighted by Gasteiger charge is 2.25. The normalized spacial score (nSPS) is 13.8. The minimum atomic E-state index is -4.19. The third kappa shape index (κ3) is 4.22. The molecular weight excluding hydrogens is 324 g/mol. The van der Waals surface area contributed by atoms with Crippen LogP contribution in [0.25, 0.3) is 0 Å². The zero-order valence-corrected chi connectivity index (χ0v) is 12.5. The van der Waals surface area contributed by atoms with E-state index in [1.807, 2.05) is 0 Å². The number of benzene rings is 1. The van der Waals surface area contributed by atoms with Crippen molar-refractivity contribution in [1.82, 2.24) is 9.44 Å². The largest absolute Gasteiger partial charge is 0.480 e. The molecule has 0 fully saturated rings. The molecule has 9 nitrogen and oxygen atoms in total. The third-order valence-corrected chi connectivity index (χ3v) is 5.41. The summed E-state index contributed by atoms with van der Waals surface area (Å²) in [5, 5.41) is 17.5. The Morgan fingerprint density at radius 2 is 1.52 bits per heavy atom. The zero-order valence-electron chi connectivity index (χ0n) is 10.8. The van der Waals surface area contributed by atoms with Crippen LogP contribution in [0, 0.1) is 0 Å². The molecule has 0 saturated carbocycles. The van der Waals surface area contributed by atoms with Crippen LogP contribution >= 0.6 is 0 Å². The number of carboxylic acid groups (broad SMARTS) is 1. The van der Waals surface area contributed by atoms with Crippen molar-refractivity contribution in [3.63, 3.8) is 0 Å². The number of aliphatic carboxylic acids is 1. The molecule has 1 atom stereocenters. The minimum Gasteiger partial charge on any atom is -0.480 e. The summed E-state index contributed by atoms with van der Waals surface area (Å²) in [4.78, 5) is 10.2. The first-order valence-electron chi connectivity index (χ1n) is 5.53. The van der Waals surface area contributed by atoms with Crippen molar-refractivity contribution in [1.29, 1.82) is 0 Å². The first kappa shape index (κ1) is 17.5. The molecule has 0 aliphatic carbocycles. The predicted octanol–water partition coefficient (Wildman–Crippen LogP) is -1.68. The first-order valence-corrected chi connectivity index (χ1v) is 8.50. The van der Waals surface area contributed by atoms with Crippen LogP contribution in [0.2, 0.25) is 0 Å². The number of hydrogen-bond acceptors (Lipinski definition) is 6. The van der Waals surface area contributed by atoms with Crippen molar-refractivity contribution in [2.24, 2.45) is 0 Å². The Kier molecular flexibility index (Phi) is 5.42. The van der Waals surface area contributed by atoms with E-state index in [2.05, 4.69) is 4.72 Å². The lowest BCUT2D eigenvalue weighted by Gasteiger charge is -2.12. The van der Waals surface area contributed by atoms with Crippen LogP contribution < -0.4 is 9.44 Å². The molecule has 0 aliphatic rings. The van der Waals surface area contributed by atoms with E-state index in [4.69, 9.17) is 10.2 Å². The highest BCUT2D eigenvalue weighted by atomic mass is 32.2. The molecule has 0 unspecified atom stereocenters. The van der Waals surface area contributed by atoms with Crippen molar-refractivity contribution >= 4 is 26.0 Å². The van der Waals surface area contributed by atoms with Gasteiger partial charge in [-0.1, -0.05) is 0 Å². The maximum atomic E-state index is 11.9. The van der Waals surface area contributed by atoms with Gasteiger partial charge in [0.2, 0.25) is 20.0 Å². The maximum Gasteiger partial charge on any atom is 0.324 e. The van der Waals surface area contributed by atoms with Gasteiger partial charge in [0.25, 0.3) is 0 Å². The van der Waals surface area contributed by atoms with E-state index in [1.165, 1.54) is 7.05 Å². The molecule has 1 aromatic rings. The molecule has 0 heterocycles. The highest BCUT2D eigenvalue weighted by Crippen LogP contribution is 2.14. The Hall–Kier alpha value is -1.53. The number of nitrogens with one attached hydrogen (secondary N) is 2. The van der Waals surface area contributed by atoms with Crippen molar-refractivity contribution in [2.45, 2.75) is 15.8 Å². The van der Waals surface area contributed by atoms with E-state index in [1.54, 1.807) is 4.72 Å². The van der Waals surface area contributed by atoms with Gasteiger partial charge in [0.05, 0.1) is 16.4 Å². The minimum absolute atomic E-state index is 0.138. The van der Waals surface area contributed by atoms with Gasteiger partial charge in [0.1, 0.15) is 6.04 Å². The second-order valence-corrected chi connectivity index (χ2v) is 7.47. The Morgan fingerprint density at radius 1 is 1.10 bits per heavy atom. The van der Waals surface area contributed by atoms with Crippen LogP contribution in [0.15, 0.2) is 34.1 Å². The summed E-state index contributed by atoms with van der Waals surface area (Å²) in [6.45, 7) is -0.916. The predicted molar refractivity (Wildman–Crippen MR) is 71.5 cm³/mol. The number of sulfonamides is 2. The highest BCUT2D eigenvalue weighted by molar-refractivity contribution is 7.90. The summed E-state index contributed by atoms with van der Waals surface area (Å²) in [5.41, 5.74) is 0. The van der Waals surface area contributed by atoms with Gasteiger partial charge < -0.3 is 10.2 Å². The number of rotatable bonds is 7. The van der Waals surface area contributed by atoms with Gasteiger partial charge in [-0.2, -0.15) is 4.72 Å². The lowest BCUT2D eigenvalue weighted by molar-refractivity contribution is -0.139. The van der Waals surface area contributed by atoms with Crippen molar-refractivity contribution < 1.29 is 31.8 Å². The Balaban J connectivity index is 3.09. The molecule has 0 spiro atoms. The number of hydrogen-bond donors (Lipinski definition) is 4. The fraction of sp³-hybridized carbons (Fsp3) is 0.300. The topological polar surface area (TPSA) is 150 Å². The second kappa shape index (κ2) is 6.49. The first-order chi connectivity index (χ1) is 9.64. The van der Waals surface area contributed by atoms with Crippen molar-refractivity contribution in [2.75, 3.05) is 13.7 Å². The van der Waals surface area contributed by atoms with Crippen LogP contribution in [-0.2, 0) is 24.8 Å². The van der Waals surface area contributed by atoms with Crippen LogP contribution in [0.3, 0.4) is 0 Å². The van der Waals surface area contributed by atoms with Gasteiger partial charge >= 0.3 is 5.97 Å². The van der Waals surface area contributed by atoms with Crippen LogP contribution in [-0.4, -0.2) is 52.7 Å². The summed E-state index contributed by atoms with van der Waals surface area (Å²) in [7, 11) is -6.68. The lowest BCUT2D eigenvalue weighted by Crippen LogP contribution is -2.43. The van der Waals surface area contributed by atoms with Crippen LogP contribution in [0.5, 0.6) is 0 Å². The van der Waals surface area contributed by atoms with Crippen molar-refractivity contribution in [3.8, 4) is 0 Å². The summed E-state index contributed by atoms with van der Waals surface area (Å²) in [6.07, 6.45) is 0. The van der Waals surface area contributed by atoms with Gasteiger partial charge in [0.15, 0.2) is 0 Å². The summed E-state index contributed by atoms with van der Waals surface area (Å²) < 4.78 is 50.6. The average Bonchev–Trinajstić information content (AvgIpc) is 2.44. The van der Waals surface area contributed by atoms with E-state index in [9.17, 15) is 21.6 Å². The quantitative estimate of drug-likeness (QED) is 0.463. The molecule has 0 aliphatic heterocycles. The maximum absolute atomic E-state index is 11.9. The SMILES string of the molecule is CNS(=O)(=O)c1ccc(S(=O)(=O)N[C@H](CO)C(=O)O)cc1. The lowest BCUT2D eigenvalue weighted by atomic mass is 10.3. The fourth-order valence-electron chi connectivity index (χ4n) is 1.34. The Labute approximate surface area is 121 Å². The molecule has 4 N–H and O–H groups in total. The van der Waals surface area contributed by atoms with Gasteiger partial charge in [-0.25, -0.2) is 21.6 Å². The standard InChI is InChI=1S/C10H14N2O7S2/c1-11-20(16,17)7-2-4-8(5-3-7)21(18,19)12-9(6-13)10(14)15/h2-5,9,11-13H,6H2,1H3,(H,14,15)/t9-/m1/s1. The number of aliphatic hydroxyl groups is 1. The van der Waals surface area contributed by atoms with Gasteiger partial charge in [-0.3, -0.25) is 4.79 Å². The Morgan fingerprint density at radius 3 is 1.86 bits per heavy atom. The van der Waals surface area contributed by atoms with Gasteiger partial charge in [0, 0.05) is 0 Å². The number of aliphatic hydroxyl groups excluding tert-OH is 1. The van der Waals surface area contributed by atoms with Crippen LogP contribution in [0.1, 0.15) is 0 Å². The summed E-state index contributed by atoms with van der Waals surface area (Å²) >= 11 is 0. The number of carboxylic acids is 1. The van der Waals surface area contributed by atoms with Crippen LogP contribution in [0.4, 0.5) is 0 Å². The van der Waals surface area contributed by atoms with E-state index in [-0.39, 0.29) is 9.79 Å². The molecular formula is C10H14N2O7S2. The Bertz CT molecular complexity index is 710. The monoisotopic (exact) mass is 338 g/mol. The van der Waals surface area contributed by atoms with Gasteiger partial charge in [-0.05, 0) is 31.3 Å². The van der Waals surface area contributed by atoms with E-state index >= 15 is 0 Å². The smallest absolute Gasteiger partial charge is 0.324 e. The molecule has 0 bridgehead atoms. The molecule has 0 radical (unpaired) electrons. The zero-order chi connectivity index (χ0) is 16.3. The molecule has 1 aromatic carbocycles. The third-order valence-electron chi connectivity index (χ3n) is 2.49. The molecule has 1 rings (SSSR count). The molecule has 0 saturated heterocycles. The summed E-state index contributed by atoms with van der Waals surface area (Å²) in [6, 6.07) is 2.48.